The first-order valence-electron chi connectivity index (χ1n) is 10.2. The summed E-state index contributed by atoms with van der Waals surface area (Å²) in [6.07, 6.45) is 1.45. The standard InChI is InChI=1S/C22H21Cl2N5O3S/c23-13-3-8-16(24)17(12-13)32-15-6-4-14(5-7-15)27-22-19(21(31)28-33-22)20(25)26-9-11-29-10-1-2-18(29)30/h3-8,12,27H,1-2,9-11H2,(H2,25,26)(H,28,31). The predicted molar refractivity (Wildman–Crippen MR) is 131 cm³/mol. The number of carbonyl (C=O) groups is 1. The zero-order valence-electron chi connectivity index (χ0n) is 17.4. The summed E-state index contributed by atoms with van der Waals surface area (Å²) in [7, 11) is 0. The van der Waals surface area contributed by atoms with E-state index in [1.165, 1.54) is 0 Å². The molecule has 2 heterocycles. The van der Waals surface area contributed by atoms with E-state index in [1.54, 1.807) is 47.4 Å². The lowest BCUT2D eigenvalue weighted by atomic mass is 10.2. The van der Waals surface area contributed by atoms with Crippen molar-refractivity contribution >= 4 is 57.2 Å². The topological polar surface area (TPSA) is 111 Å². The van der Waals surface area contributed by atoms with Crippen LogP contribution in [0.25, 0.3) is 0 Å². The summed E-state index contributed by atoms with van der Waals surface area (Å²) in [5.74, 6) is 0.965. The highest BCUT2D eigenvalue weighted by atomic mass is 35.5. The normalized spacial score (nSPS) is 13.3. The number of aromatic hydroxyl groups is 1. The maximum absolute atomic E-state index is 11.7. The molecule has 0 aliphatic carbocycles. The summed E-state index contributed by atoms with van der Waals surface area (Å²) in [4.78, 5) is 13.5. The van der Waals surface area contributed by atoms with Gasteiger partial charge in [-0.2, -0.15) is 4.37 Å². The summed E-state index contributed by atoms with van der Waals surface area (Å²) in [6.45, 7) is 1.67. The summed E-state index contributed by atoms with van der Waals surface area (Å²) in [5.41, 5.74) is 0.999. The van der Waals surface area contributed by atoms with E-state index in [0.29, 0.717) is 46.1 Å². The van der Waals surface area contributed by atoms with Crippen molar-refractivity contribution in [2.75, 3.05) is 25.0 Å². The van der Waals surface area contributed by atoms with E-state index in [4.69, 9.17) is 33.3 Å². The van der Waals surface area contributed by atoms with Crippen LogP contribution >= 0.6 is 34.7 Å². The molecule has 0 atom stereocenters. The largest absolute Gasteiger partial charge is 0.492 e. The van der Waals surface area contributed by atoms with Crippen LogP contribution in [0.4, 0.5) is 10.7 Å². The summed E-state index contributed by atoms with van der Waals surface area (Å²) in [5, 5.41) is 26.1. The molecule has 1 fully saturated rings. The van der Waals surface area contributed by atoms with Crippen molar-refractivity contribution in [3.63, 3.8) is 0 Å². The minimum Gasteiger partial charge on any atom is -0.492 e. The minimum absolute atomic E-state index is 0.0333. The van der Waals surface area contributed by atoms with Crippen LogP contribution in [0.5, 0.6) is 17.4 Å². The lowest BCUT2D eigenvalue weighted by Gasteiger charge is -2.16. The number of hydrogen-bond acceptors (Lipinski definition) is 7. The second-order valence-electron chi connectivity index (χ2n) is 7.32. The lowest BCUT2D eigenvalue weighted by molar-refractivity contribution is -0.127. The fourth-order valence-electron chi connectivity index (χ4n) is 3.36. The number of nitrogens with zero attached hydrogens (tertiary/aromatic N) is 2. The molecule has 0 spiro atoms. The number of hydrogen-bond donors (Lipinski definition) is 4. The van der Waals surface area contributed by atoms with E-state index in [-0.39, 0.29) is 23.2 Å². The number of likely N-dealkylation sites (tertiary alicyclic amines) is 1. The number of ether oxygens (including phenoxy) is 1. The number of halogens is 2. The van der Waals surface area contributed by atoms with Gasteiger partial charge >= 0.3 is 0 Å². The van der Waals surface area contributed by atoms with Gasteiger partial charge in [0.2, 0.25) is 11.8 Å². The van der Waals surface area contributed by atoms with Crippen LogP contribution in [0.1, 0.15) is 18.4 Å². The van der Waals surface area contributed by atoms with Crippen LogP contribution < -0.4 is 15.4 Å². The van der Waals surface area contributed by atoms with Gasteiger partial charge in [-0.05, 0) is 54.4 Å². The van der Waals surface area contributed by atoms with Crippen LogP contribution in [0, 0.1) is 5.41 Å². The summed E-state index contributed by atoms with van der Waals surface area (Å²) in [6, 6.07) is 12.1. The number of anilines is 2. The van der Waals surface area contributed by atoms with Crippen LogP contribution in [0.2, 0.25) is 10.0 Å². The molecule has 172 valence electrons. The number of aromatic nitrogens is 1. The van der Waals surface area contributed by atoms with Gasteiger partial charge in [0.15, 0.2) is 0 Å². The Balaban J connectivity index is 1.38. The third kappa shape index (κ3) is 5.68. The van der Waals surface area contributed by atoms with Gasteiger partial charge in [-0.3, -0.25) is 10.2 Å². The van der Waals surface area contributed by atoms with Crippen molar-refractivity contribution < 1.29 is 14.6 Å². The zero-order chi connectivity index (χ0) is 23.4. The molecule has 8 nitrogen and oxygen atoms in total. The second kappa shape index (κ2) is 10.3. The molecule has 2 aromatic carbocycles. The number of rotatable bonds is 8. The highest BCUT2D eigenvalue weighted by molar-refractivity contribution is 7.11. The highest BCUT2D eigenvalue weighted by Crippen LogP contribution is 2.34. The van der Waals surface area contributed by atoms with Gasteiger partial charge in [0.1, 0.15) is 27.9 Å². The van der Waals surface area contributed by atoms with Gasteiger partial charge < -0.3 is 25.4 Å². The summed E-state index contributed by atoms with van der Waals surface area (Å²) < 4.78 is 9.75. The number of nitrogens with one attached hydrogen (secondary N) is 3. The molecule has 1 aliphatic rings. The van der Waals surface area contributed by atoms with Crippen molar-refractivity contribution in [1.82, 2.24) is 14.6 Å². The Morgan fingerprint density at radius 1 is 1.24 bits per heavy atom. The van der Waals surface area contributed by atoms with Crippen LogP contribution in [-0.4, -0.2) is 45.8 Å². The first-order valence-corrected chi connectivity index (χ1v) is 11.7. The van der Waals surface area contributed by atoms with Crippen molar-refractivity contribution in [3.05, 3.63) is 58.1 Å². The molecule has 1 aliphatic heterocycles. The van der Waals surface area contributed by atoms with E-state index in [0.717, 1.165) is 30.2 Å². The lowest BCUT2D eigenvalue weighted by Crippen LogP contribution is -2.35. The van der Waals surface area contributed by atoms with Gasteiger partial charge in [-0.25, -0.2) is 0 Å². The highest BCUT2D eigenvalue weighted by Gasteiger charge is 2.21. The molecule has 1 amide bonds. The molecule has 4 N–H and O–H groups in total. The summed E-state index contributed by atoms with van der Waals surface area (Å²) >= 11 is 13.2. The number of amidine groups is 1. The second-order valence-corrected chi connectivity index (χ2v) is 8.94. The zero-order valence-corrected chi connectivity index (χ0v) is 19.7. The van der Waals surface area contributed by atoms with E-state index in [9.17, 15) is 9.90 Å². The van der Waals surface area contributed by atoms with Gasteiger partial charge in [0.05, 0.1) is 5.02 Å². The average molecular weight is 506 g/mol. The quantitative estimate of drug-likeness (QED) is 0.246. The number of amides is 1. The maximum atomic E-state index is 11.7. The van der Waals surface area contributed by atoms with Gasteiger partial charge in [0.25, 0.3) is 0 Å². The molecule has 1 saturated heterocycles. The van der Waals surface area contributed by atoms with Crippen molar-refractivity contribution in [3.8, 4) is 17.4 Å². The van der Waals surface area contributed by atoms with E-state index >= 15 is 0 Å². The molecular formula is C22H21Cl2N5O3S. The number of benzene rings is 2. The molecule has 0 bridgehead atoms. The van der Waals surface area contributed by atoms with Crippen LogP contribution in [0.15, 0.2) is 42.5 Å². The Morgan fingerprint density at radius 3 is 2.76 bits per heavy atom. The molecule has 11 heteroatoms. The fraction of sp³-hybridized carbons (Fsp3) is 0.227. The molecule has 0 radical (unpaired) electrons. The van der Waals surface area contributed by atoms with Gasteiger partial charge in [-0.1, -0.05) is 23.2 Å². The third-order valence-corrected chi connectivity index (χ3v) is 6.31. The molecule has 1 aromatic heterocycles. The molecule has 0 saturated carbocycles. The van der Waals surface area contributed by atoms with Gasteiger partial charge in [0, 0.05) is 42.8 Å². The van der Waals surface area contributed by atoms with Crippen molar-refractivity contribution in [2.45, 2.75) is 12.8 Å². The minimum atomic E-state index is -0.229. The van der Waals surface area contributed by atoms with E-state index in [2.05, 4.69) is 15.0 Å². The number of carbonyl (C=O) groups excluding carboxylic acids is 1. The first-order chi connectivity index (χ1) is 15.9. The van der Waals surface area contributed by atoms with E-state index in [1.807, 2.05) is 0 Å². The first kappa shape index (κ1) is 23.2. The van der Waals surface area contributed by atoms with Gasteiger partial charge in [-0.15, -0.1) is 0 Å². The molecule has 0 unspecified atom stereocenters. The predicted octanol–water partition coefficient (Wildman–Crippen LogP) is 5.23. The Labute approximate surface area is 204 Å². The van der Waals surface area contributed by atoms with Crippen molar-refractivity contribution in [1.29, 1.82) is 5.41 Å². The maximum Gasteiger partial charge on any atom is 0.236 e. The van der Waals surface area contributed by atoms with Crippen molar-refractivity contribution in [2.24, 2.45) is 0 Å². The van der Waals surface area contributed by atoms with Crippen LogP contribution in [-0.2, 0) is 4.79 Å². The monoisotopic (exact) mass is 505 g/mol. The molecule has 3 aromatic rings. The molecule has 33 heavy (non-hydrogen) atoms. The fourth-order valence-corrected chi connectivity index (χ4v) is 4.39. The Bertz CT molecular complexity index is 1170. The average Bonchev–Trinajstić information content (AvgIpc) is 3.37. The Kier molecular flexibility index (Phi) is 7.22. The molecular weight excluding hydrogens is 485 g/mol. The molecule has 4 rings (SSSR count). The van der Waals surface area contributed by atoms with E-state index < -0.39 is 0 Å². The SMILES string of the molecule is N=C(NCCN1CCCC1=O)c1c(O)nsc1Nc1ccc(Oc2cc(Cl)ccc2Cl)cc1. The smallest absolute Gasteiger partial charge is 0.236 e. The Morgan fingerprint density at radius 2 is 2.03 bits per heavy atom. The van der Waals surface area contributed by atoms with Crippen LogP contribution in [0.3, 0.4) is 0 Å². The third-order valence-electron chi connectivity index (χ3n) is 5.01. The Hall–Kier alpha value is -3.01.